The lowest BCUT2D eigenvalue weighted by molar-refractivity contribution is -0.173. The third-order valence-electron chi connectivity index (χ3n) is 3.24. The summed E-state index contributed by atoms with van der Waals surface area (Å²) >= 11 is 0. The third kappa shape index (κ3) is 4.18. The van der Waals surface area contributed by atoms with Crippen LogP contribution in [0.2, 0.25) is 0 Å². The van der Waals surface area contributed by atoms with Gasteiger partial charge in [-0.2, -0.15) is 13.2 Å². The lowest BCUT2D eigenvalue weighted by atomic mass is 10.1. The molecule has 7 heteroatoms. The molecule has 0 bridgehead atoms. The number of carbonyl (C=O) groups excluding carboxylic acids is 1. The molecule has 1 unspecified atom stereocenters. The normalized spacial score (nSPS) is 19.3. The third-order valence-corrected chi connectivity index (χ3v) is 3.24. The van der Waals surface area contributed by atoms with E-state index in [1.54, 1.807) is 19.1 Å². The van der Waals surface area contributed by atoms with Crippen molar-refractivity contribution in [2.75, 3.05) is 24.7 Å². The van der Waals surface area contributed by atoms with Crippen molar-refractivity contribution in [2.45, 2.75) is 25.7 Å². The standard InChI is InChI=1S/C14H17F3N2O2/c1-10-13(20)19(6-7-21-9-14(15,16)17)12-5-3-2-4-11(12)8-18-10/h2-5,10,18H,6-9H2,1H3. The highest BCUT2D eigenvalue weighted by Crippen LogP contribution is 2.24. The van der Waals surface area contributed by atoms with Crippen molar-refractivity contribution in [1.82, 2.24) is 5.32 Å². The molecule has 1 atom stereocenters. The first kappa shape index (κ1) is 15.8. The number of anilines is 1. The maximum atomic E-state index is 12.3. The number of fused-ring (bicyclic) bond motifs is 1. The van der Waals surface area contributed by atoms with Gasteiger partial charge in [0.05, 0.1) is 12.6 Å². The van der Waals surface area contributed by atoms with Gasteiger partial charge >= 0.3 is 6.18 Å². The molecule has 0 saturated heterocycles. The summed E-state index contributed by atoms with van der Waals surface area (Å²) in [6.45, 7) is 0.912. The molecule has 1 amide bonds. The second kappa shape index (κ2) is 6.44. The van der Waals surface area contributed by atoms with Crippen LogP contribution in [0.25, 0.3) is 0 Å². The van der Waals surface area contributed by atoms with Crippen LogP contribution in [0.1, 0.15) is 12.5 Å². The Labute approximate surface area is 120 Å². The van der Waals surface area contributed by atoms with Crippen molar-refractivity contribution in [3.8, 4) is 0 Å². The van der Waals surface area contributed by atoms with Crippen LogP contribution >= 0.6 is 0 Å². The molecule has 1 heterocycles. The monoisotopic (exact) mass is 302 g/mol. The molecule has 1 aromatic carbocycles. The fourth-order valence-corrected chi connectivity index (χ4v) is 2.20. The van der Waals surface area contributed by atoms with Gasteiger partial charge < -0.3 is 15.0 Å². The van der Waals surface area contributed by atoms with E-state index in [1.165, 1.54) is 4.90 Å². The summed E-state index contributed by atoms with van der Waals surface area (Å²) in [4.78, 5) is 13.8. The van der Waals surface area contributed by atoms with E-state index in [4.69, 9.17) is 0 Å². The number of carbonyl (C=O) groups is 1. The van der Waals surface area contributed by atoms with Crippen LogP contribution in [0.15, 0.2) is 24.3 Å². The van der Waals surface area contributed by atoms with Crippen molar-refractivity contribution in [1.29, 1.82) is 0 Å². The van der Waals surface area contributed by atoms with Crippen LogP contribution in [0.5, 0.6) is 0 Å². The molecule has 1 aliphatic rings. The minimum absolute atomic E-state index is 0.0952. The Morgan fingerprint density at radius 2 is 2.10 bits per heavy atom. The zero-order chi connectivity index (χ0) is 15.5. The first-order valence-electron chi connectivity index (χ1n) is 6.65. The van der Waals surface area contributed by atoms with Gasteiger partial charge in [0.25, 0.3) is 0 Å². The molecule has 0 radical (unpaired) electrons. The van der Waals surface area contributed by atoms with Crippen LogP contribution < -0.4 is 10.2 Å². The Morgan fingerprint density at radius 1 is 1.38 bits per heavy atom. The molecule has 0 saturated carbocycles. The summed E-state index contributed by atoms with van der Waals surface area (Å²) in [7, 11) is 0. The molecule has 2 rings (SSSR count). The Balaban J connectivity index is 2.06. The molecule has 1 aliphatic heterocycles. The Bertz CT molecular complexity index is 505. The number of nitrogens with one attached hydrogen (secondary N) is 1. The van der Waals surface area contributed by atoms with Crippen LogP contribution in [-0.2, 0) is 16.1 Å². The summed E-state index contributed by atoms with van der Waals surface area (Å²) in [6, 6.07) is 6.94. The Morgan fingerprint density at radius 3 is 2.81 bits per heavy atom. The summed E-state index contributed by atoms with van der Waals surface area (Å²) in [5.41, 5.74) is 1.65. The average Bonchev–Trinajstić information content (AvgIpc) is 2.54. The van der Waals surface area contributed by atoms with Gasteiger partial charge in [-0.05, 0) is 18.6 Å². The molecule has 0 aromatic heterocycles. The average molecular weight is 302 g/mol. The highest BCUT2D eigenvalue weighted by molar-refractivity contribution is 5.98. The van der Waals surface area contributed by atoms with Gasteiger partial charge in [0, 0.05) is 18.8 Å². The minimum Gasteiger partial charge on any atom is -0.370 e. The number of amides is 1. The number of benzene rings is 1. The lowest BCUT2D eigenvalue weighted by Gasteiger charge is -2.24. The largest absolute Gasteiger partial charge is 0.411 e. The molecule has 1 N–H and O–H groups in total. The van der Waals surface area contributed by atoms with Crippen molar-refractivity contribution in [3.63, 3.8) is 0 Å². The Kier molecular flexibility index (Phi) is 4.84. The van der Waals surface area contributed by atoms with Crippen molar-refractivity contribution >= 4 is 11.6 Å². The predicted molar refractivity (Wildman–Crippen MR) is 72.0 cm³/mol. The van der Waals surface area contributed by atoms with Gasteiger partial charge in [-0.15, -0.1) is 0 Å². The summed E-state index contributed by atoms with van der Waals surface area (Å²) in [5, 5.41) is 3.08. The quantitative estimate of drug-likeness (QED) is 0.866. The fraction of sp³-hybridized carbons (Fsp3) is 0.500. The summed E-state index contributed by atoms with van der Waals surface area (Å²) in [5.74, 6) is -0.171. The summed E-state index contributed by atoms with van der Waals surface area (Å²) < 4.78 is 40.7. The molecular formula is C14H17F3N2O2. The topological polar surface area (TPSA) is 41.6 Å². The molecule has 0 spiro atoms. The number of nitrogens with zero attached hydrogens (tertiary/aromatic N) is 1. The van der Waals surface area contributed by atoms with Gasteiger partial charge in [-0.25, -0.2) is 0 Å². The molecule has 21 heavy (non-hydrogen) atoms. The summed E-state index contributed by atoms with van der Waals surface area (Å²) in [6.07, 6.45) is -4.35. The number of halogens is 3. The molecule has 116 valence electrons. The van der Waals surface area contributed by atoms with E-state index in [-0.39, 0.29) is 25.1 Å². The number of rotatable bonds is 4. The Hall–Kier alpha value is -1.60. The van der Waals surface area contributed by atoms with Crippen molar-refractivity contribution in [2.24, 2.45) is 0 Å². The molecule has 4 nitrogen and oxygen atoms in total. The second-order valence-corrected chi connectivity index (χ2v) is 4.89. The van der Waals surface area contributed by atoms with E-state index in [1.807, 2.05) is 12.1 Å². The van der Waals surface area contributed by atoms with Gasteiger partial charge in [-0.3, -0.25) is 4.79 Å². The molecule has 1 aromatic rings. The maximum absolute atomic E-state index is 12.3. The first-order chi connectivity index (χ1) is 9.88. The number of hydrogen-bond acceptors (Lipinski definition) is 3. The number of hydrogen-bond donors (Lipinski definition) is 1. The van der Waals surface area contributed by atoms with Gasteiger partial charge in [0.15, 0.2) is 0 Å². The SMILES string of the molecule is CC1NCc2ccccc2N(CCOCC(F)(F)F)C1=O. The number of para-hydroxylation sites is 1. The van der Waals surface area contributed by atoms with E-state index in [2.05, 4.69) is 10.1 Å². The highest BCUT2D eigenvalue weighted by atomic mass is 19.4. The zero-order valence-electron chi connectivity index (χ0n) is 11.6. The lowest BCUT2D eigenvalue weighted by Crippen LogP contribution is -2.43. The zero-order valence-corrected chi connectivity index (χ0v) is 11.6. The van der Waals surface area contributed by atoms with E-state index in [0.717, 1.165) is 11.3 Å². The molecule has 0 fully saturated rings. The van der Waals surface area contributed by atoms with E-state index in [0.29, 0.717) is 6.54 Å². The molecule has 0 aliphatic carbocycles. The van der Waals surface area contributed by atoms with E-state index in [9.17, 15) is 18.0 Å². The van der Waals surface area contributed by atoms with Crippen LogP contribution in [-0.4, -0.2) is 37.9 Å². The van der Waals surface area contributed by atoms with Crippen LogP contribution in [0, 0.1) is 0 Å². The van der Waals surface area contributed by atoms with E-state index < -0.39 is 12.8 Å². The minimum atomic E-state index is -4.35. The van der Waals surface area contributed by atoms with Crippen LogP contribution in [0.4, 0.5) is 18.9 Å². The van der Waals surface area contributed by atoms with Gasteiger partial charge in [-0.1, -0.05) is 18.2 Å². The van der Waals surface area contributed by atoms with Crippen molar-refractivity contribution in [3.05, 3.63) is 29.8 Å². The second-order valence-electron chi connectivity index (χ2n) is 4.89. The highest BCUT2D eigenvalue weighted by Gasteiger charge is 2.29. The van der Waals surface area contributed by atoms with E-state index >= 15 is 0 Å². The first-order valence-corrected chi connectivity index (χ1v) is 6.65. The van der Waals surface area contributed by atoms with Crippen LogP contribution in [0.3, 0.4) is 0 Å². The number of alkyl halides is 3. The van der Waals surface area contributed by atoms with Crippen molar-refractivity contribution < 1.29 is 22.7 Å². The predicted octanol–water partition coefficient (Wildman–Crippen LogP) is 2.09. The smallest absolute Gasteiger partial charge is 0.370 e. The fourth-order valence-electron chi connectivity index (χ4n) is 2.20. The van der Waals surface area contributed by atoms with Gasteiger partial charge in [0.2, 0.25) is 5.91 Å². The maximum Gasteiger partial charge on any atom is 0.411 e. The molecular weight excluding hydrogens is 285 g/mol. The number of ether oxygens (including phenoxy) is 1. The van der Waals surface area contributed by atoms with Gasteiger partial charge in [0.1, 0.15) is 6.61 Å².